The van der Waals surface area contributed by atoms with Crippen LogP contribution in [0, 0.1) is 0 Å². The summed E-state index contributed by atoms with van der Waals surface area (Å²) >= 11 is 3.28. The molecule has 1 aliphatic heterocycles. The van der Waals surface area contributed by atoms with Crippen LogP contribution in [0.15, 0.2) is 30.2 Å². The molecule has 0 spiro atoms. The number of rotatable bonds is 4. The van der Waals surface area contributed by atoms with Crippen LogP contribution in [-0.2, 0) is 0 Å². The van der Waals surface area contributed by atoms with Crippen LogP contribution < -0.4 is 15.8 Å². The van der Waals surface area contributed by atoms with E-state index in [2.05, 4.69) is 37.3 Å². The maximum Gasteiger partial charge on any atom is 0.217 e. The van der Waals surface area contributed by atoms with Crippen molar-refractivity contribution >= 4 is 20.4 Å². The number of aromatic nitrogens is 2. The van der Waals surface area contributed by atoms with Gasteiger partial charge in [0.1, 0.15) is 6.10 Å². The van der Waals surface area contributed by atoms with Gasteiger partial charge in [0.25, 0.3) is 0 Å². The first-order valence-corrected chi connectivity index (χ1v) is 7.51. The monoisotopic (exact) mass is 340 g/mol. The quantitative estimate of drug-likeness (QED) is 0.881. The van der Waals surface area contributed by atoms with E-state index in [1.165, 1.54) is 6.20 Å². The van der Waals surface area contributed by atoms with Gasteiger partial charge in [0.15, 0.2) is 5.82 Å². The molecule has 0 amide bonds. The maximum absolute atomic E-state index is 5.76. The first kappa shape index (κ1) is 16.5. The SMILES string of the molecule is CC.CC(Oc1ccnc(/C(Br)=C\N)n1)C1=CCCN1. The molecule has 0 radical (unpaired) electrons. The van der Waals surface area contributed by atoms with Gasteiger partial charge in [0.2, 0.25) is 5.88 Å². The van der Waals surface area contributed by atoms with Gasteiger partial charge in [-0.05, 0) is 29.3 Å². The highest BCUT2D eigenvalue weighted by molar-refractivity contribution is 9.15. The third-order valence-corrected chi connectivity index (χ3v) is 3.18. The summed E-state index contributed by atoms with van der Waals surface area (Å²) in [5.41, 5.74) is 6.51. The summed E-state index contributed by atoms with van der Waals surface area (Å²) in [5, 5.41) is 3.28. The van der Waals surface area contributed by atoms with Crippen LogP contribution in [0.2, 0.25) is 0 Å². The Morgan fingerprint density at radius 1 is 1.55 bits per heavy atom. The van der Waals surface area contributed by atoms with Crippen molar-refractivity contribution in [2.24, 2.45) is 5.73 Å². The number of nitrogens with two attached hydrogens (primary N) is 1. The minimum atomic E-state index is -0.0455. The van der Waals surface area contributed by atoms with Crippen LogP contribution in [0.5, 0.6) is 5.88 Å². The Kier molecular flexibility index (Phi) is 7.08. The Morgan fingerprint density at radius 3 is 2.90 bits per heavy atom. The van der Waals surface area contributed by atoms with Gasteiger partial charge >= 0.3 is 0 Å². The molecular weight excluding hydrogens is 320 g/mol. The Morgan fingerprint density at radius 2 is 2.30 bits per heavy atom. The number of nitrogens with one attached hydrogen (secondary N) is 1. The van der Waals surface area contributed by atoms with Crippen molar-refractivity contribution in [1.29, 1.82) is 0 Å². The minimum absolute atomic E-state index is 0.0455. The van der Waals surface area contributed by atoms with Crippen molar-refractivity contribution in [2.45, 2.75) is 33.3 Å². The summed E-state index contributed by atoms with van der Waals surface area (Å²) in [6.45, 7) is 6.96. The van der Waals surface area contributed by atoms with Crippen LogP contribution in [-0.4, -0.2) is 22.6 Å². The van der Waals surface area contributed by atoms with Crippen LogP contribution in [0.1, 0.15) is 33.0 Å². The van der Waals surface area contributed by atoms with Crippen LogP contribution >= 0.6 is 15.9 Å². The van der Waals surface area contributed by atoms with Crippen molar-refractivity contribution in [2.75, 3.05) is 6.54 Å². The van der Waals surface area contributed by atoms with Gasteiger partial charge in [-0.15, -0.1) is 0 Å². The molecule has 1 aromatic heterocycles. The Hall–Kier alpha value is -1.56. The number of ether oxygens (including phenoxy) is 1. The first-order valence-electron chi connectivity index (χ1n) is 6.72. The average molecular weight is 341 g/mol. The fraction of sp³-hybridized carbons (Fsp3) is 0.429. The zero-order valence-electron chi connectivity index (χ0n) is 12.1. The highest BCUT2D eigenvalue weighted by atomic mass is 79.9. The van der Waals surface area contributed by atoms with E-state index in [1.54, 1.807) is 12.3 Å². The van der Waals surface area contributed by atoms with Crippen molar-refractivity contribution in [3.05, 3.63) is 36.1 Å². The molecule has 0 saturated carbocycles. The predicted octanol–water partition coefficient (Wildman–Crippen LogP) is 2.80. The van der Waals surface area contributed by atoms with Crippen molar-refractivity contribution in [3.63, 3.8) is 0 Å². The largest absolute Gasteiger partial charge is 0.468 e. The Bertz CT molecular complexity index is 488. The molecule has 5 nitrogen and oxygen atoms in total. The van der Waals surface area contributed by atoms with E-state index >= 15 is 0 Å². The van der Waals surface area contributed by atoms with Gasteiger partial charge in [-0.1, -0.05) is 19.9 Å². The second-order valence-electron chi connectivity index (χ2n) is 3.87. The third-order valence-electron chi connectivity index (χ3n) is 2.56. The molecule has 0 aliphatic carbocycles. The fourth-order valence-electron chi connectivity index (χ4n) is 1.67. The highest BCUT2D eigenvalue weighted by Crippen LogP contribution is 2.19. The normalized spacial score (nSPS) is 15.6. The molecule has 2 rings (SSSR count). The van der Waals surface area contributed by atoms with Gasteiger partial charge in [-0.2, -0.15) is 4.98 Å². The lowest BCUT2D eigenvalue weighted by Gasteiger charge is -2.15. The second-order valence-corrected chi connectivity index (χ2v) is 4.72. The Balaban J connectivity index is 0.000000956. The average Bonchev–Trinajstić information content (AvgIpc) is 3.03. The summed E-state index contributed by atoms with van der Waals surface area (Å²) < 4.78 is 6.40. The lowest BCUT2D eigenvalue weighted by Crippen LogP contribution is -2.23. The van der Waals surface area contributed by atoms with Crippen molar-refractivity contribution in [3.8, 4) is 5.88 Å². The van der Waals surface area contributed by atoms with Crippen molar-refractivity contribution in [1.82, 2.24) is 15.3 Å². The molecular formula is C14H21BrN4O. The number of hydrogen-bond acceptors (Lipinski definition) is 5. The maximum atomic E-state index is 5.76. The molecule has 110 valence electrons. The molecule has 2 heterocycles. The smallest absolute Gasteiger partial charge is 0.217 e. The van der Waals surface area contributed by atoms with Gasteiger partial charge < -0.3 is 15.8 Å². The first-order chi connectivity index (χ1) is 9.70. The van der Waals surface area contributed by atoms with Crippen LogP contribution in [0.25, 0.3) is 4.48 Å². The van der Waals surface area contributed by atoms with E-state index in [-0.39, 0.29) is 6.10 Å². The van der Waals surface area contributed by atoms with Crippen LogP contribution in [0.4, 0.5) is 0 Å². The Labute approximate surface area is 128 Å². The van der Waals surface area contributed by atoms with Crippen LogP contribution in [0.3, 0.4) is 0 Å². The topological polar surface area (TPSA) is 73.1 Å². The highest BCUT2D eigenvalue weighted by Gasteiger charge is 2.14. The molecule has 1 atom stereocenters. The van der Waals surface area contributed by atoms with Crippen molar-refractivity contribution < 1.29 is 4.74 Å². The van der Waals surface area contributed by atoms with E-state index in [1.807, 2.05) is 20.8 Å². The van der Waals surface area contributed by atoms with E-state index in [0.717, 1.165) is 18.7 Å². The summed E-state index contributed by atoms with van der Waals surface area (Å²) in [5.74, 6) is 1.04. The number of nitrogens with zero attached hydrogens (tertiary/aromatic N) is 2. The zero-order chi connectivity index (χ0) is 15.0. The summed E-state index contributed by atoms with van der Waals surface area (Å²) in [4.78, 5) is 8.37. The van der Waals surface area contributed by atoms with Gasteiger partial charge in [-0.25, -0.2) is 4.98 Å². The molecule has 6 heteroatoms. The number of hydrogen-bond donors (Lipinski definition) is 2. The molecule has 1 unspecified atom stereocenters. The molecule has 1 aromatic rings. The minimum Gasteiger partial charge on any atom is -0.468 e. The lowest BCUT2D eigenvalue weighted by molar-refractivity contribution is 0.240. The molecule has 0 bridgehead atoms. The molecule has 20 heavy (non-hydrogen) atoms. The standard InChI is InChI=1S/C12H15BrN4O.C2H6/c1-8(10-3-2-5-15-10)18-11-4-6-16-12(17-11)9(13)7-14;1-2/h3-4,6-8,15H,2,5,14H2,1H3;1-2H3/b9-7+;. The summed E-state index contributed by atoms with van der Waals surface area (Å²) in [7, 11) is 0. The third kappa shape index (κ3) is 4.52. The zero-order valence-corrected chi connectivity index (χ0v) is 13.6. The lowest BCUT2D eigenvalue weighted by atomic mass is 10.3. The molecule has 0 saturated heterocycles. The number of halogens is 1. The van der Waals surface area contributed by atoms with Gasteiger partial charge in [0.05, 0.1) is 4.48 Å². The van der Waals surface area contributed by atoms with Gasteiger partial charge in [-0.3, -0.25) is 0 Å². The van der Waals surface area contributed by atoms with E-state index < -0.39 is 0 Å². The molecule has 3 N–H and O–H groups in total. The second kappa shape index (κ2) is 8.58. The van der Waals surface area contributed by atoms with E-state index in [9.17, 15) is 0 Å². The van der Waals surface area contributed by atoms with E-state index in [4.69, 9.17) is 10.5 Å². The molecule has 1 aliphatic rings. The molecule has 0 fully saturated rings. The van der Waals surface area contributed by atoms with E-state index in [0.29, 0.717) is 16.2 Å². The fourth-order valence-corrected chi connectivity index (χ4v) is 1.86. The summed E-state index contributed by atoms with van der Waals surface area (Å²) in [6, 6.07) is 1.73. The molecule has 0 aromatic carbocycles. The van der Waals surface area contributed by atoms with Gasteiger partial charge in [0, 0.05) is 30.7 Å². The summed E-state index contributed by atoms with van der Waals surface area (Å²) in [6.07, 6.45) is 6.19. The predicted molar refractivity (Wildman–Crippen MR) is 85.3 cm³/mol.